The molecule has 2 nitrogen and oxygen atoms in total. The van der Waals surface area contributed by atoms with E-state index in [1.165, 1.54) is 0 Å². The summed E-state index contributed by atoms with van der Waals surface area (Å²) in [5, 5.41) is 11.8. The number of anilines is 1. The van der Waals surface area contributed by atoms with Crippen LogP contribution in [-0.2, 0) is 0 Å². The molecule has 0 aliphatic carbocycles. The standard InChI is InChI=1S/C10H8Br2N2/c1-7(11)6-14-10-3-2-8(5-13)4-9(10)12/h2-4,14H,1,6H2. The average Bonchev–Trinajstić information content (AvgIpc) is 2.15. The number of benzene rings is 1. The zero-order valence-electron chi connectivity index (χ0n) is 7.35. The molecule has 0 saturated carbocycles. The van der Waals surface area contributed by atoms with Crippen molar-refractivity contribution in [2.45, 2.75) is 0 Å². The molecule has 1 rings (SSSR count). The van der Waals surface area contributed by atoms with Crippen molar-refractivity contribution in [3.63, 3.8) is 0 Å². The first-order valence-corrected chi connectivity index (χ1v) is 5.49. The highest BCUT2D eigenvalue weighted by Gasteiger charge is 2.00. The maximum Gasteiger partial charge on any atom is 0.0992 e. The second-order valence-electron chi connectivity index (χ2n) is 2.68. The Bertz CT molecular complexity index is 394. The molecule has 14 heavy (non-hydrogen) atoms. The first-order valence-electron chi connectivity index (χ1n) is 3.90. The molecule has 0 spiro atoms. The molecule has 1 aromatic carbocycles. The third-order valence-electron chi connectivity index (χ3n) is 1.57. The van der Waals surface area contributed by atoms with Gasteiger partial charge in [0.2, 0.25) is 0 Å². The van der Waals surface area contributed by atoms with Gasteiger partial charge < -0.3 is 5.32 Å². The average molecular weight is 316 g/mol. The molecule has 4 heteroatoms. The van der Waals surface area contributed by atoms with Gasteiger partial charge in [0, 0.05) is 21.2 Å². The number of halogens is 2. The van der Waals surface area contributed by atoms with Crippen LogP contribution in [0.1, 0.15) is 5.56 Å². The molecule has 0 aliphatic heterocycles. The molecule has 0 amide bonds. The summed E-state index contributed by atoms with van der Waals surface area (Å²) in [5.41, 5.74) is 1.59. The molecule has 0 radical (unpaired) electrons. The molecule has 0 aliphatic rings. The number of rotatable bonds is 3. The summed E-state index contributed by atoms with van der Waals surface area (Å²) in [6, 6.07) is 7.48. The van der Waals surface area contributed by atoms with Crippen LogP contribution < -0.4 is 5.32 Å². The molecule has 0 saturated heterocycles. The highest BCUT2D eigenvalue weighted by Crippen LogP contribution is 2.23. The summed E-state index contributed by atoms with van der Waals surface area (Å²) in [5.74, 6) is 0. The Kier molecular flexibility index (Phi) is 4.18. The summed E-state index contributed by atoms with van der Waals surface area (Å²) < 4.78 is 1.76. The van der Waals surface area contributed by atoms with Gasteiger partial charge >= 0.3 is 0 Å². The molecular weight excluding hydrogens is 308 g/mol. The van der Waals surface area contributed by atoms with E-state index in [-0.39, 0.29) is 0 Å². The Balaban J connectivity index is 2.80. The Morgan fingerprint density at radius 1 is 1.57 bits per heavy atom. The minimum atomic E-state index is 0.639. The fourth-order valence-corrected chi connectivity index (χ4v) is 1.58. The predicted octanol–water partition coefficient (Wildman–Crippen LogP) is 3.64. The first kappa shape index (κ1) is 11.3. The third kappa shape index (κ3) is 3.17. The van der Waals surface area contributed by atoms with Gasteiger partial charge in [-0.25, -0.2) is 0 Å². The number of nitriles is 1. The Morgan fingerprint density at radius 2 is 2.29 bits per heavy atom. The van der Waals surface area contributed by atoms with E-state index < -0.39 is 0 Å². The van der Waals surface area contributed by atoms with Crippen molar-refractivity contribution >= 4 is 37.5 Å². The summed E-state index contributed by atoms with van der Waals surface area (Å²) in [6.07, 6.45) is 0. The second kappa shape index (κ2) is 5.18. The van der Waals surface area contributed by atoms with Crippen LogP contribution in [0.4, 0.5) is 5.69 Å². The highest BCUT2D eigenvalue weighted by atomic mass is 79.9. The van der Waals surface area contributed by atoms with Gasteiger partial charge in [0.1, 0.15) is 0 Å². The maximum absolute atomic E-state index is 8.66. The topological polar surface area (TPSA) is 35.8 Å². The van der Waals surface area contributed by atoms with E-state index in [0.717, 1.165) is 14.6 Å². The first-order chi connectivity index (χ1) is 6.63. The maximum atomic E-state index is 8.66. The van der Waals surface area contributed by atoms with E-state index >= 15 is 0 Å². The molecular formula is C10H8Br2N2. The van der Waals surface area contributed by atoms with Crippen molar-refractivity contribution < 1.29 is 0 Å². The van der Waals surface area contributed by atoms with Crippen molar-refractivity contribution in [3.8, 4) is 6.07 Å². The molecule has 0 fully saturated rings. The smallest absolute Gasteiger partial charge is 0.0992 e. The lowest BCUT2D eigenvalue weighted by atomic mass is 10.2. The van der Waals surface area contributed by atoms with Crippen LogP contribution in [0.5, 0.6) is 0 Å². The van der Waals surface area contributed by atoms with E-state index in [4.69, 9.17) is 5.26 Å². The van der Waals surface area contributed by atoms with Gasteiger partial charge in [-0.3, -0.25) is 0 Å². The van der Waals surface area contributed by atoms with Gasteiger partial charge in [-0.05, 0) is 34.1 Å². The fraction of sp³-hybridized carbons (Fsp3) is 0.100. The van der Waals surface area contributed by atoms with Crippen molar-refractivity contribution in [2.75, 3.05) is 11.9 Å². The Hall–Kier alpha value is -0.790. The van der Waals surface area contributed by atoms with Crippen LogP contribution in [0.2, 0.25) is 0 Å². The molecule has 1 aromatic rings. The van der Waals surface area contributed by atoms with E-state index in [1.807, 2.05) is 6.07 Å². The van der Waals surface area contributed by atoms with Crippen LogP contribution >= 0.6 is 31.9 Å². The van der Waals surface area contributed by atoms with Crippen LogP contribution in [0.25, 0.3) is 0 Å². The molecule has 0 heterocycles. The fourth-order valence-electron chi connectivity index (χ4n) is 0.919. The molecule has 0 unspecified atom stereocenters. The van der Waals surface area contributed by atoms with Crippen LogP contribution in [0.3, 0.4) is 0 Å². The van der Waals surface area contributed by atoms with E-state index in [9.17, 15) is 0 Å². The van der Waals surface area contributed by atoms with Crippen molar-refractivity contribution in [3.05, 3.63) is 39.3 Å². The Labute approximate surface area is 99.9 Å². The molecule has 72 valence electrons. The largest absolute Gasteiger partial charge is 0.380 e. The minimum Gasteiger partial charge on any atom is -0.380 e. The van der Waals surface area contributed by atoms with Gasteiger partial charge in [-0.1, -0.05) is 22.5 Å². The number of nitrogens with one attached hydrogen (secondary N) is 1. The van der Waals surface area contributed by atoms with Gasteiger partial charge in [0.15, 0.2) is 0 Å². The van der Waals surface area contributed by atoms with Gasteiger partial charge in [-0.2, -0.15) is 5.26 Å². The number of hydrogen-bond acceptors (Lipinski definition) is 2. The predicted molar refractivity (Wildman–Crippen MR) is 65.4 cm³/mol. The highest BCUT2D eigenvalue weighted by molar-refractivity contribution is 9.11. The van der Waals surface area contributed by atoms with E-state index in [0.29, 0.717) is 12.1 Å². The van der Waals surface area contributed by atoms with Crippen LogP contribution in [-0.4, -0.2) is 6.54 Å². The molecule has 0 aromatic heterocycles. The molecule has 0 bridgehead atoms. The summed E-state index contributed by atoms with van der Waals surface area (Å²) in [6.45, 7) is 4.38. The lowest BCUT2D eigenvalue weighted by Gasteiger charge is -2.07. The SMILES string of the molecule is C=C(Br)CNc1ccc(C#N)cc1Br. The summed E-state index contributed by atoms with van der Waals surface area (Å²) >= 11 is 6.64. The van der Waals surface area contributed by atoms with Crippen LogP contribution in [0, 0.1) is 11.3 Å². The summed E-state index contributed by atoms with van der Waals surface area (Å²) in [7, 11) is 0. The quantitative estimate of drug-likeness (QED) is 0.924. The van der Waals surface area contributed by atoms with Gasteiger partial charge in [-0.15, -0.1) is 0 Å². The minimum absolute atomic E-state index is 0.639. The van der Waals surface area contributed by atoms with Crippen molar-refractivity contribution in [2.24, 2.45) is 0 Å². The normalized spacial score (nSPS) is 9.21. The van der Waals surface area contributed by atoms with Crippen molar-refractivity contribution in [1.82, 2.24) is 0 Å². The van der Waals surface area contributed by atoms with Gasteiger partial charge in [0.25, 0.3) is 0 Å². The second-order valence-corrected chi connectivity index (χ2v) is 4.65. The lowest BCUT2D eigenvalue weighted by Crippen LogP contribution is -2.01. The zero-order chi connectivity index (χ0) is 10.6. The number of nitrogens with zero attached hydrogens (tertiary/aromatic N) is 1. The summed E-state index contributed by atoms with van der Waals surface area (Å²) in [4.78, 5) is 0. The van der Waals surface area contributed by atoms with Crippen molar-refractivity contribution in [1.29, 1.82) is 5.26 Å². The van der Waals surface area contributed by atoms with Gasteiger partial charge in [0.05, 0.1) is 11.6 Å². The zero-order valence-corrected chi connectivity index (χ0v) is 10.5. The van der Waals surface area contributed by atoms with E-state index in [2.05, 4.69) is 49.8 Å². The third-order valence-corrected chi connectivity index (χ3v) is 2.51. The monoisotopic (exact) mass is 314 g/mol. The molecule has 1 N–H and O–H groups in total. The number of hydrogen-bond donors (Lipinski definition) is 1. The van der Waals surface area contributed by atoms with Crippen LogP contribution in [0.15, 0.2) is 33.7 Å². The lowest BCUT2D eigenvalue weighted by molar-refractivity contribution is 1.31. The Morgan fingerprint density at radius 3 is 2.79 bits per heavy atom. The molecule has 0 atom stereocenters. The van der Waals surface area contributed by atoms with E-state index in [1.54, 1.807) is 12.1 Å².